The molecule has 0 fully saturated rings. The monoisotopic (exact) mass is 323 g/mol. The van der Waals surface area contributed by atoms with Gasteiger partial charge in [0.1, 0.15) is 6.67 Å². The Kier molecular flexibility index (Phi) is 5.91. The molecule has 0 saturated carbocycles. The fraction of sp³-hybridized carbons (Fsp3) is 0.278. The van der Waals surface area contributed by atoms with Crippen LogP contribution in [-0.4, -0.2) is 42.0 Å². The zero-order valence-corrected chi connectivity index (χ0v) is 13.5. The lowest BCUT2D eigenvalue weighted by Crippen LogP contribution is -2.33. The molecule has 6 nitrogen and oxygen atoms in total. The summed E-state index contributed by atoms with van der Waals surface area (Å²) in [4.78, 5) is 14.8. The van der Waals surface area contributed by atoms with Crippen molar-refractivity contribution >= 4 is 12.3 Å². The van der Waals surface area contributed by atoms with Gasteiger partial charge in [-0.1, -0.05) is 30.3 Å². The lowest BCUT2D eigenvalue weighted by Gasteiger charge is -2.21. The first-order valence-corrected chi connectivity index (χ1v) is 7.97. The Morgan fingerprint density at radius 2 is 1.88 bits per heavy atom. The summed E-state index contributed by atoms with van der Waals surface area (Å²) in [5.74, 6) is 0.657. The number of guanidine groups is 1. The second-order valence-electron chi connectivity index (χ2n) is 5.44. The molecule has 2 heterocycles. The van der Waals surface area contributed by atoms with E-state index in [1.807, 2.05) is 41.6 Å². The molecule has 0 atom stereocenters. The van der Waals surface area contributed by atoms with Crippen molar-refractivity contribution in [2.45, 2.75) is 13.2 Å². The number of rotatable bonds is 7. The molecule has 0 aliphatic carbocycles. The van der Waals surface area contributed by atoms with E-state index in [4.69, 9.17) is 4.74 Å². The first-order chi connectivity index (χ1) is 11.9. The molecule has 1 aromatic carbocycles. The topological polar surface area (TPSA) is 62.1 Å². The minimum atomic E-state index is 0.596. The van der Waals surface area contributed by atoms with E-state index in [0.717, 1.165) is 6.54 Å². The predicted octanol–water partition coefficient (Wildman–Crippen LogP) is 2.05. The summed E-state index contributed by atoms with van der Waals surface area (Å²) < 4.78 is 5.63. The van der Waals surface area contributed by atoms with E-state index in [1.165, 1.54) is 11.1 Å². The Balaban J connectivity index is 1.32. The number of hydrogen-bond donors (Lipinski definition) is 1. The zero-order chi connectivity index (χ0) is 16.5. The Bertz CT molecular complexity index is 672. The van der Waals surface area contributed by atoms with E-state index in [1.54, 1.807) is 12.4 Å². The molecule has 1 aliphatic heterocycles. The van der Waals surface area contributed by atoms with Crippen LogP contribution < -0.4 is 5.32 Å². The third-order valence-corrected chi connectivity index (χ3v) is 3.52. The fourth-order valence-corrected chi connectivity index (χ4v) is 2.29. The number of nitrogens with zero attached hydrogens (tertiary/aromatic N) is 4. The van der Waals surface area contributed by atoms with Gasteiger partial charge in [0.15, 0.2) is 0 Å². The van der Waals surface area contributed by atoms with Crippen LogP contribution >= 0.6 is 0 Å². The minimum absolute atomic E-state index is 0.596. The second kappa shape index (κ2) is 8.79. The van der Waals surface area contributed by atoms with Gasteiger partial charge in [-0.15, -0.1) is 0 Å². The predicted molar refractivity (Wildman–Crippen MR) is 94.7 cm³/mol. The Morgan fingerprint density at radius 1 is 1.04 bits per heavy atom. The fourth-order valence-electron chi connectivity index (χ4n) is 2.29. The number of benzene rings is 1. The molecule has 0 saturated heterocycles. The number of aromatic nitrogens is 1. The smallest absolute Gasteiger partial charge is 0.221 e. The normalized spacial score (nSPS) is 13.7. The van der Waals surface area contributed by atoms with E-state index >= 15 is 0 Å². The first-order valence-electron chi connectivity index (χ1n) is 7.97. The summed E-state index contributed by atoms with van der Waals surface area (Å²) in [5.41, 5.74) is 2.37. The van der Waals surface area contributed by atoms with Crippen LogP contribution in [0.3, 0.4) is 0 Å². The van der Waals surface area contributed by atoms with Crippen molar-refractivity contribution in [1.82, 2.24) is 15.2 Å². The molecule has 124 valence electrons. The van der Waals surface area contributed by atoms with E-state index in [2.05, 4.69) is 32.4 Å². The maximum absolute atomic E-state index is 5.63. The van der Waals surface area contributed by atoms with Gasteiger partial charge in [-0.2, -0.15) is 0 Å². The lowest BCUT2D eigenvalue weighted by atomic mass is 10.2. The van der Waals surface area contributed by atoms with Crippen molar-refractivity contribution in [3.8, 4) is 0 Å². The van der Waals surface area contributed by atoms with Gasteiger partial charge in [0.25, 0.3) is 0 Å². The van der Waals surface area contributed by atoms with E-state index < -0.39 is 0 Å². The summed E-state index contributed by atoms with van der Waals surface area (Å²) >= 11 is 0. The molecule has 2 aromatic rings. The van der Waals surface area contributed by atoms with Crippen molar-refractivity contribution < 1.29 is 4.74 Å². The Hall–Kier alpha value is -2.73. The molecule has 0 amide bonds. The third-order valence-electron chi connectivity index (χ3n) is 3.52. The largest absolute Gasteiger partial charge is 0.375 e. The van der Waals surface area contributed by atoms with Crippen molar-refractivity contribution in [1.29, 1.82) is 0 Å². The van der Waals surface area contributed by atoms with Crippen LogP contribution in [0, 0.1) is 0 Å². The molecule has 0 bridgehead atoms. The van der Waals surface area contributed by atoms with Crippen molar-refractivity contribution in [2.24, 2.45) is 9.98 Å². The van der Waals surface area contributed by atoms with Gasteiger partial charge in [-0.3, -0.25) is 4.98 Å². The Labute approximate surface area is 141 Å². The number of nitrogens with one attached hydrogen (secondary N) is 1. The third kappa shape index (κ3) is 5.17. The van der Waals surface area contributed by atoms with Crippen LogP contribution in [0.1, 0.15) is 11.1 Å². The SMILES string of the molecule is C1=NC(NCCOCc2ccccc2)=NCN1Cc1ccncc1. The van der Waals surface area contributed by atoms with E-state index in [9.17, 15) is 0 Å². The van der Waals surface area contributed by atoms with Crippen LogP contribution in [0.2, 0.25) is 0 Å². The number of ether oxygens (including phenoxy) is 1. The average Bonchev–Trinajstić information content (AvgIpc) is 2.65. The molecule has 3 rings (SSSR count). The maximum Gasteiger partial charge on any atom is 0.221 e. The highest BCUT2D eigenvalue weighted by atomic mass is 16.5. The lowest BCUT2D eigenvalue weighted by molar-refractivity contribution is 0.125. The quantitative estimate of drug-likeness (QED) is 0.792. The van der Waals surface area contributed by atoms with Crippen LogP contribution in [0.4, 0.5) is 0 Å². The van der Waals surface area contributed by atoms with Crippen LogP contribution in [-0.2, 0) is 17.9 Å². The summed E-state index contributed by atoms with van der Waals surface area (Å²) in [6.07, 6.45) is 5.41. The van der Waals surface area contributed by atoms with Gasteiger partial charge in [0.05, 0.1) is 19.6 Å². The molecule has 0 spiro atoms. The molecule has 24 heavy (non-hydrogen) atoms. The summed E-state index contributed by atoms with van der Waals surface area (Å²) in [5, 5.41) is 3.18. The first kappa shape index (κ1) is 16.1. The molecular weight excluding hydrogens is 302 g/mol. The molecule has 0 unspecified atom stereocenters. The molecular formula is C18H21N5O. The summed E-state index contributed by atoms with van der Waals surface area (Å²) in [6, 6.07) is 14.1. The second-order valence-corrected chi connectivity index (χ2v) is 5.44. The number of pyridine rings is 1. The van der Waals surface area contributed by atoms with Crippen LogP contribution in [0.25, 0.3) is 0 Å². The highest BCUT2D eigenvalue weighted by molar-refractivity contribution is 5.88. The highest BCUT2D eigenvalue weighted by Crippen LogP contribution is 2.04. The minimum Gasteiger partial charge on any atom is -0.375 e. The molecule has 1 aromatic heterocycles. The molecule has 1 aliphatic rings. The van der Waals surface area contributed by atoms with Gasteiger partial charge in [-0.05, 0) is 23.3 Å². The van der Waals surface area contributed by atoms with Crippen molar-refractivity contribution in [3.05, 3.63) is 66.0 Å². The highest BCUT2D eigenvalue weighted by Gasteiger charge is 2.07. The number of aliphatic imine (C=N–C) groups is 2. The van der Waals surface area contributed by atoms with Crippen molar-refractivity contribution in [2.75, 3.05) is 19.8 Å². The summed E-state index contributed by atoms with van der Waals surface area (Å²) in [7, 11) is 0. The maximum atomic E-state index is 5.63. The van der Waals surface area contributed by atoms with Gasteiger partial charge in [-0.25, -0.2) is 9.98 Å². The van der Waals surface area contributed by atoms with Crippen LogP contribution in [0.15, 0.2) is 64.8 Å². The van der Waals surface area contributed by atoms with Gasteiger partial charge < -0.3 is 15.0 Å². The standard InChI is InChI=1S/C18H21N5O/c1-2-4-17(5-3-1)13-24-11-10-20-18-21-14-23(15-22-18)12-16-6-8-19-9-7-16/h1-9,14H,10-13,15H2,(H,20,22). The van der Waals surface area contributed by atoms with E-state index in [-0.39, 0.29) is 0 Å². The van der Waals surface area contributed by atoms with Gasteiger partial charge in [0.2, 0.25) is 5.96 Å². The van der Waals surface area contributed by atoms with Crippen LogP contribution in [0.5, 0.6) is 0 Å². The molecule has 0 radical (unpaired) electrons. The number of hydrogen-bond acceptors (Lipinski definition) is 6. The zero-order valence-electron chi connectivity index (χ0n) is 13.5. The molecule has 6 heteroatoms. The average molecular weight is 323 g/mol. The Morgan fingerprint density at radius 3 is 2.62 bits per heavy atom. The van der Waals surface area contributed by atoms with Gasteiger partial charge >= 0.3 is 0 Å². The van der Waals surface area contributed by atoms with Gasteiger partial charge in [0, 0.05) is 25.5 Å². The van der Waals surface area contributed by atoms with Crippen molar-refractivity contribution in [3.63, 3.8) is 0 Å². The van der Waals surface area contributed by atoms with E-state index in [0.29, 0.717) is 32.4 Å². The summed E-state index contributed by atoms with van der Waals surface area (Å²) in [6.45, 7) is 3.30. The molecule has 1 N–H and O–H groups in total.